The molecule has 106 valence electrons. The molecule has 1 amide bonds. The van der Waals surface area contributed by atoms with E-state index in [1.165, 1.54) is 0 Å². The van der Waals surface area contributed by atoms with Crippen LogP contribution in [0.25, 0.3) is 0 Å². The van der Waals surface area contributed by atoms with E-state index in [9.17, 15) is 4.79 Å². The third-order valence-corrected chi connectivity index (χ3v) is 3.49. The zero-order valence-corrected chi connectivity index (χ0v) is 13.8. The number of ether oxygens (including phenoxy) is 1. The summed E-state index contributed by atoms with van der Waals surface area (Å²) in [6.45, 7) is 6.00. The van der Waals surface area contributed by atoms with Gasteiger partial charge in [-0.15, -0.1) is 0 Å². The molecule has 1 aromatic carbocycles. The lowest BCUT2D eigenvalue weighted by Crippen LogP contribution is -2.36. The molecule has 0 N–H and O–H groups in total. The van der Waals surface area contributed by atoms with E-state index in [1.807, 2.05) is 4.90 Å². The Kier molecular flexibility index (Phi) is 6.83. The number of halogens is 2. The van der Waals surface area contributed by atoms with Gasteiger partial charge >= 0.3 is 0 Å². The first kappa shape index (κ1) is 16.5. The van der Waals surface area contributed by atoms with Crippen molar-refractivity contribution in [1.82, 2.24) is 4.90 Å². The molecule has 0 heterocycles. The molecule has 0 atom stereocenters. The Morgan fingerprint density at radius 3 is 2.68 bits per heavy atom. The molecule has 1 rings (SSSR count). The molecule has 0 unspecified atom stereocenters. The molecule has 5 heteroatoms. The Morgan fingerprint density at radius 1 is 1.47 bits per heavy atom. The third-order valence-electron chi connectivity index (χ3n) is 2.60. The van der Waals surface area contributed by atoms with Crippen molar-refractivity contribution < 1.29 is 9.53 Å². The van der Waals surface area contributed by atoms with Crippen LogP contribution < -0.4 is 0 Å². The van der Waals surface area contributed by atoms with E-state index in [0.29, 0.717) is 36.2 Å². The fraction of sp³-hybridized carbons (Fsp3) is 0.500. The molecule has 0 aromatic heterocycles. The first-order chi connectivity index (χ1) is 8.95. The minimum absolute atomic E-state index is 0.00529. The first-order valence-corrected chi connectivity index (χ1v) is 7.36. The maximum Gasteiger partial charge on any atom is 0.255 e. The Morgan fingerprint density at radius 2 is 2.16 bits per heavy atom. The Hall–Kier alpha value is -0.580. The Bertz CT molecular complexity index is 437. The summed E-state index contributed by atoms with van der Waals surface area (Å²) in [5.41, 5.74) is 0.626. The number of carbonyl (C=O) groups is 1. The van der Waals surface area contributed by atoms with Gasteiger partial charge in [0.25, 0.3) is 5.91 Å². The van der Waals surface area contributed by atoms with Crippen LogP contribution in [0.4, 0.5) is 0 Å². The van der Waals surface area contributed by atoms with Gasteiger partial charge in [0.05, 0.1) is 12.2 Å². The van der Waals surface area contributed by atoms with Gasteiger partial charge in [-0.3, -0.25) is 4.79 Å². The van der Waals surface area contributed by atoms with Gasteiger partial charge in [0.15, 0.2) is 0 Å². The molecule has 19 heavy (non-hydrogen) atoms. The predicted octanol–water partition coefficient (Wildman–Crippen LogP) is 3.85. The standard InChI is InChI=1S/C14H19BrClNO2/c1-10(2)9-17(6-7-19-3)14(18)12-5-4-11(16)8-13(12)15/h4-5,8,10H,6-7,9H2,1-3H3. The molecule has 0 saturated carbocycles. The summed E-state index contributed by atoms with van der Waals surface area (Å²) >= 11 is 9.28. The van der Waals surface area contributed by atoms with E-state index in [-0.39, 0.29) is 5.91 Å². The van der Waals surface area contributed by atoms with E-state index in [0.717, 1.165) is 4.47 Å². The van der Waals surface area contributed by atoms with E-state index < -0.39 is 0 Å². The van der Waals surface area contributed by atoms with E-state index in [4.69, 9.17) is 16.3 Å². The largest absolute Gasteiger partial charge is 0.383 e. The maximum absolute atomic E-state index is 12.5. The molecule has 0 aliphatic rings. The molecular weight excluding hydrogens is 330 g/mol. The number of rotatable bonds is 6. The summed E-state index contributed by atoms with van der Waals surface area (Å²) in [5.74, 6) is 0.404. The summed E-state index contributed by atoms with van der Waals surface area (Å²) < 4.78 is 5.78. The van der Waals surface area contributed by atoms with Crippen molar-refractivity contribution >= 4 is 33.4 Å². The average molecular weight is 349 g/mol. The lowest BCUT2D eigenvalue weighted by Gasteiger charge is -2.25. The first-order valence-electron chi connectivity index (χ1n) is 6.19. The molecule has 0 bridgehead atoms. The van der Waals surface area contributed by atoms with E-state index in [1.54, 1.807) is 25.3 Å². The van der Waals surface area contributed by atoms with E-state index in [2.05, 4.69) is 29.8 Å². The lowest BCUT2D eigenvalue weighted by atomic mass is 10.1. The molecule has 0 radical (unpaired) electrons. The fourth-order valence-corrected chi connectivity index (χ4v) is 2.60. The van der Waals surface area contributed by atoms with Crippen molar-refractivity contribution in [3.8, 4) is 0 Å². The highest BCUT2D eigenvalue weighted by atomic mass is 79.9. The predicted molar refractivity (Wildman–Crippen MR) is 81.8 cm³/mol. The second kappa shape index (κ2) is 7.88. The Labute approximate surface area is 128 Å². The monoisotopic (exact) mass is 347 g/mol. The van der Waals surface area contributed by atoms with Crippen LogP contribution in [0.5, 0.6) is 0 Å². The number of hydrogen-bond acceptors (Lipinski definition) is 2. The van der Waals surface area contributed by atoms with Crippen LogP contribution in [0.1, 0.15) is 24.2 Å². The highest BCUT2D eigenvalue weighted by molar-refractivity contribution is 9.10. The van der Waals surface area contributed by atoms with Gasteiger partial charge in [-0.05, 0) is 40.0 Å². The molecular formula is C14H19BrClNO2. The van der Waals surface area contributed by atoms with Gasteiger partial charge in [0.2, 0.25) is 0 Å². The summed E-state index contributed by atoms with van der Waals surface area (Å²) in [5, 5.41) is 0.607. The van der Waals surface area contributed by atoms with Crippen molar-refractivity contribution in [2.45, 2.75) is 13.8 Å². The maximum atomic E-state index is 12.5. The van der Waals surface area contributed by atoms with Crippen molar-refractivity contribution in [2.75, 3.05) is 26.8 Å². The third kappa shape index (κ3) is 5.13. The number of amides is 1. The van der Waals surface area contributed by atoms with Crippen LogP contribution in [0.2, 0.25) is 5.02 Å². The molecule has 3 nitrogen and oxygen atoms in total. The number of benzene rings is 1. The zero-order chi connectivity index (χ0) is 14.4. The highest BCUT2D eigenvalue weighted by Gasteiger charge is 2.19. The van der Waals surface area contributed by atoms with Crippen LogP contribution in [0.15, 0.2) is 22.7 Å². The van der Waals surface area contributed by atoms with Gasteiger partial charge in [-0.1, -0.05) is 25.4 Å². The van der Waals surface area contributed by atoms with Crippen LogP contribution in [-0.2, 0) is 4.74 Å². The van der Waals surface area contributed by atoms with E-state index >= 15 is 0 Å². The summed E-state index contributed by atoms with van der Waals surface area (Å²) in [6.07, 6.45) is 0. The lowest BCUT2D eigenvalue weighted by molar-refractivity contribution is 0.0671. The fourth-order valence-electron chi connectivity index (χ4n) is 1.75. The minimum atomic E-state index is -0.00529. The topological polar surface area (TPSA) is 29.5 Å². The van der Waals surface area contributed by atoms with Crippen LogP contribution >= 0.6 is 27.5 Å². The number of methoxy groups -OCH3 is 1. The SMILES string of the molecule is COCCN(CC(C)C)C(=O)c1ccc(Cl)cc1Br. The molecule has 0 fully saturated rings. The summed E-state index contributed by atoms with van der Waals surface area (Å²) in [7, 11) is 1.64. The Balaban J connectivity index is 2.90. The van der Waals surface area contributed by atoms with Gasteiger partial charge < -0.3 is 9.64 Å². The van der Waals surface area contributed by atoms with Gasteiger partial charge in [0.1, 0.15) is 0 Å². The van der Waals surface area contributed by atoms with Gasteiger partial charge in [-0.25, -0.2) is 0 Å². The summed E-state index contributed by atoms with van der Waals surface area (Å²) in [6, 6.07) is 5.21. The van der Waals surface area contributed by atoms with Crippen molar-refractivity contribution in [2.24, 2.45) is 5.92 Å². The number of hydrogen-bond donors (Lipinski definition) is 0. The van der Waals surface area contributed by atoms with Crippen LogP contribution in [0, 0.1) is 5.92 Å². The highest BCUT2D eigenvalue weighted by Crippen LogP contribution is 2.23. The molecule has 1 aromatic rings. The summed E-state index contributed by atoms with van der Waals surface area (Å²) in [4.78, 5) is 14.3. The normalized spacial score (nSPS) is 10.8. The average Bonchev–Trinajstić information content (AvgIpc) is 2.33. The second-order valence-electron chi connectivity index (χ2n) is 4.76. The van der Waals surface area contributed by atoms with Crippen LogP contribution in [-0.4, -0.2) is 37.6 Å². The van der Waals surface area contributed by atoms with Crippen molar-refractivity contribution in [3.05, 3.63) is 33.3 Å². The van der Waals surface area contributed by atoms with Crippen molar-refractivity contribution in [1.29, 1.82) is 0 Å². The molecule has 0 aliphatic heterocycles. The molecule has 0 aliphatic carbocycles. The minimum Gasteiger partial charge on any atom is -0.383 e. The molecule has 0 saturated heterocycles. The van der Waals surface area contributed by atoms with Gasteiger partial charge in [0, 0.05) is 29.7 Å². The smallest absolute Gasteiger partial charge is 0.255 e. The quantitative estimate of drug-likeness (QED) is 0.781. The van der Waals surface area contributed by atoms with Crippen LogP contribution in [0.3, 0.4) is 0 Å². The number of carbonyl (C=O) groups excluding carboxylic acids is 1. The van der Waals surface area contributed by atoms with Crippen molar-refractivity contribution in [3.63, 3.8) is 0 Å². The zero-order valence-electron chi connectivity index (χ0n) is 11.5. The molecule has 0 spiro atoms. The second-order valence-corrected chi connectivity index (χ2v) is 6.05. The number of nitrogens with zero attached hydrogens (tertiary/aromatic N) is 1. The van der Waals surface area contributed by atoms with Gasteiger partial charge in [-0.2, -0.15) is 0 Å².